The number of nitrogens with two attached hydrogens (primary N) is 1. The monoisotopic (exact) mass is 382 g/mol. The van der Waals surface area contributed by atoms with E-state index in [-0.39, 0.29) is 12.0 Å². The molecule has 0 fully saturated rings. The third-order valence-corrected chi connectivity index (χ3v) is 4.46. The lowest BCUT2D eigenvalue weighted by Gasteiger charge is -2.19. The lowest BCUT2D eigenvalue weighted by Crippen LogP contribution is -2.23. The van der Waals surface area contributed by atoms with E-state index in [4.69, 9.17) is 5.73 Å². The minimum atomic E-state index is 0.0147. The van der Waals surface area contributed by atoms with Crippen LogP contribution < -0.4 is 16.4 Å². The second-order valence-corrected chi connectivity index (χ2v) is 6.56. The maximum atomic E-state index is 5.91. The van der Waals surface area contributed by atoms with Crippen LogP contribution in [0.5, 0.6) is 0 Å². The topological polar surface area (TPSA) is 88.8 Å². The van der Waals surface area contributed by atoms with Gasteiger partial charge in [-0.3, -0.25) is 5.32 Å². The summed E-state index contributed by atoms with van der Waals surface area (Å²) in [7, 11) is 0. The summed E-state index contributed by atoms with van der Waals surface area (Å²) in [6, 6.07) is 30.3. The van der Waals surface area contributed by atoms with Gasteiger partial charge in [0.15, 0.2) is 0 Å². The van der Waals surface area contributed by atoms with Gasteiger partial charge >= 0.3 is 0 Å². The normalized spacial score (nSPS) is 10.8. The highest BCUT2D eigenvalue weighted by atomic mass is 15.2. The number of nitrogens with one attached hydrogen (secondary N) is 2. The summed E-state index contributed by atoms with van der Waals surface area (Å²) in [4.78, 5) is 13.0. The van der Waals surface area contributed by atoms with Gasteiger partial charge in [-0.15, -0.1) is 0 Å². The minimum Gasteiger partial charge on any atom is -0.368 e. The van der Waals surface area contributed by atoms with E-state index in [1.807, 2.05) is 66.7 Å². The fourth-order valence-corrected chi connectivity index (χ4v) is 3.14. The van der Waals surface area contributed by atoms with Crippen molar-refractivity contribution in [3.05, 3.63) is 108 Å². The Labute approximate surface area is 169 Å². The number of anilines is 3. The van der Waals surface area contributed by atoms with Crippen LogP contribution in [-0.4, -0.2) is 15.0 Å². The second kappa shape index (κ2) is 8.95. The zero-order valence-electron chi connectivity index (χ0n) is 15.9. The number of benzene rings is 3. The summed E-state index contributed by atoms with van der Waals surface area (Å²) in [5, 5.41) is 6.72. The Morgan fingerprint density at radius 2 is 1.24 bits per heavy atom. The molecule has 3 aromatic carbocycles. The van der Waals surface area contributed by atoms with Crippen LogP contribution in [0, 0.1) is 0 Å². The first-order valence-corrected chi connectivity index (χ1v) is 9.44. The van der Waals surface area contributed by atoms with Crippen LogP contribution in [0.1, 0.15) is 23.0 Å². The standard InChI is InChI=1S/C23H22N6/c24-22-27-20(28-23(29-22)26-19-14-8-3-9-15-19)16-25-21(17-10-4-1-5-11-17)18-12-6-2-7-13-18/h1-15,21,25H,16H2,(H3,24,26,27,28,29). The molecule has 4 aromatic rings. The maximum Gasteiger partial charge on any atom is 0.232 e. The van der Waals surface area contributed by atoms with Gasteiger partial charge in [0.05, 0.1) is 12.6 Å². The SMILES string of the molecule is Nc1nc(CNC(c2ccccc2)c2ccccc2)nc(Nc2ccccc2)n1. The Kier molecular flexibility index (Phi) is 5.73. The van der Waals surface area contributed by atoms with Gasteiger partial charge in [-0.25, -0.2) is 0 Å². The molecule has 0 saturated heterocycles. The zero-order chi connectivity index (χ0) is 19.9. The minimum absolute atomic E-state index is 0.0147. The van der Waals surface area contributed by atoms with Crippen molar-refractivity contribution in [2.75, 3.05) is 11.1 Å². The fraction of sp³-hybridized carbons (Fsp3) is 0.0870. The van der Waals surface area contributed by atoms with Crippen molar-refractivity contribution in [2.45, 2.75) is 12.6 Å². The number of nitrogens with zero attached hydrogens (tertiary/aromatic N) is 3. The Hall–Kier alpha value is -3.77. The van der Waals surface area contributed by atoms with Gasteiger partial charge in [0, 0.05) is 5.69 Å². The van der Waals surface area contributed by atoms with Crippen molar-refractivity contribution in [3.63, 3.8) is 0 Å². The van der Waals surface area contributed by atoms with Gasteiger partial charge < -0.3 is 11.1 Å². The number of rotatable bonds is 7. The van der Waals surface area contributed by atoms with E-state index in [9.17, 15) is 0 Å². The number of aromatic nitrogens is 3. The summed E-state index contributed by atoms with van der Waals surface area (Å²) in [5.41, 5.74) is 9.14. The largest absolute Gasteiger partial charge is 0.368 e. The molecule has 144 valence electrons. The van der Waals surface area contributed by atoms with Gasteiger partial charge in [0.25, 0.3) is 0 Å². The summed E-state index contributed by atoms with van der Waals surface area (Å²) in [6.07, 6.45) is 0. The van der Waals surface area contributed by atoms with Crippen molar-refractivity contribution in [1.29, 1.82) is 0 Å². The molecule has 0 spiro atoms. The van der Waals surface area contributed by atoms with Crippen LogP contribution in [0.25, 0.3) is 0 Å². The van der Waals surface area contributed by atoms with Crippen molar-refractivity contribution in [2.24, 2.45) is 0 Å². The van der Waals surface area contributed by atoms with Gasteiger partial charge in [0.1, 0.15) is 5.82 Å². The van der Waals surface area contributed by atoms with Crippen LogP contribution in [0.3, 0.4) is 0 Å². The average molecular weight is 382 g/mol. The quantitative estimate of drug-likeness (QED) is 0.446. The molecule has 0 saturated carbocycles. The molecular weight excluding hydrogens is 360 g/mol. The predicted octanol–water partition coefficient (Wildman–Crippen LogP) is 4.08. The van der Waals surface area contributed by atoms with E-state index < -0.39 is 0 Å². The Morgan fingerprint density at radius 3 is 1.83 bits per heavy atom. The molecule has 0 bridgehead atoms. The Morgan fingerprint density at radius 1 is 0.690 bits per heavy atom. The first-order valence-electron chi connectivity index (χ1n) is 9.44. The highest BCUT2D eigenvalue weighted by Crippen LogP contribution is 2.22. The first kappa shape index (κ1) is 18.6. The third-order valence-electron chi connectivity index (χ3n) is 4.46. The van der Waals surface area contributed by atoms with E-state index in [0.717, 1.165) is 5.69 Å². The first-order chi connectivity index (χ1) is 14.3. The van der Waals surface area contributed by atoms with Crippen molar-refractivity contribution in [1.82, 2.24) is 20.3 Å². The van der Waals surface area contributed by atoms with Crippen LogP contribution in [0.2, 0.25) is 0 Å². The molecule has 0 aliphatic heterocycles. The molecule has 4 rings (SSSR count). The molecule has 1 aromatic heterocycles. The number of para-hydroxylation sites is 1. The lowest BCUT2D eigenvalue weighted by molar-refractivity contribution is 0.586. The predicted molar refractivity (Wildman–Crippen MR) is 116 cm³/mol. The summed E-state index contributed by atoms with van der Waals surface area (Å²) in [5.74, 6) is 1.19. The molecule has 6 heteroatoms. The van der Waals surface area contributed by atoms with Gasteiger partial charge in [0.2, 0.25) is 11.9 Å². The number of nitrogen functional groups attached to an aromatic ring is 1. The van der Waals surface area contributed by atoms with Crippen LogP contribution in [0.15, 0.2) is 91.0 Å². The Balaban J connectivity index is 1.54. The Bertz CT molecular complexity index is 999. The lowest BCUT2D eigenvalue weighted by atomic mass is 9.99. The highest BCUT2D eigenvalue weighted by Gasteiger charge is 2.14. The van der Waals surface area contributed by atoms with E-state index in [1.54, 1.807) is 0 Å². The van der Waals surface area contributed by atoms with Gasteiger partial charge in [-0.1, -0.05) is 78.9 Å². The van der Waals surface area contributed by atoms with E-state index >= 15 is 0 Å². The van der Waals surface area contributed by atoms with Crippen molar-refractivity contribution < 1.29 is 0 Å². The molecule has 0 amide bonds. The smallest absolute Gasteiger partial charge is 0.232 e. The molecular formula is C23H22N6. The molecule has 0 radical (unpaired) electrons. The van der Waals surface area contributed by atoms with Crippen LogP contribution in [-0.2, 0) is 6.54 Å². The molecule has 0 unspecified atom stereocenters. The third kappa shape index (κ3) is 4.94. The van der Waals surface area contributed by atoms with Gasteiger partial charge in [-0.05, 0) is 23.3 Å². The van der Waals surface area contributed by atoms with E-state index in [0.29, 0.717) is 18.3 Å². The van der Waals surface area contributed by atoms with Crippen molar-refractivity contribution >= 4 is 17.6 Å². The number of hydrogen-bond acceptors (Lipinski definition) is 6. The molecule has 0 aliphatic rings. The maximum absolute atomic E-state index is 5.91. The zero-order valence-corrected chi connectivity index (χ0v) is 15.9. The fourth-order valence-electron chi connectivity index (χ4n) is 3.14. The molecule has 1 heterocycles. The van der Waals surface area contributed by atoms with Crippen LogP contribution in [0.4, 0.5) is 17.6 Å². The molecule has 0 atom stereocenters. The highest BCUT2D eigenvalue weighted by molar-refractivity contribution is 5.53. The molecule has 6 nitrogen and oxygen atoms in total. The average Bonchev–Trinajstić information content (AvgIpc) is 2.76. The van der Waals surface area contributed by atoms with E-state index in [1.165, 1.54) is 11.1 Å². The molecule has 29 heavy (non-hydrogen) atoms. The van der Waals surface area contributed by atoms with E-state index in [2.05, 4.69) is 49.9 Å². The summed E-state index contributed by atoms with van der Waals surface area (Å²) < 4.78 is 0. The van der Waals surface area contributed by atoms with Crippen molar-refractivity contribution in [3.8, 4) is 0 Å². The second-order valence-electron chi connectivity index (χ2n) is 6.56. The number of hydrogen-bond donors (Lipinski definition) is 3. The summed E-state index contributed by atoms with van der Waals surface area (Å²) >= 11 is 0. The molecule has 4 N–H and O–H groups in total. The summed E-state index contributed by atoms with van der Waals surface area (Å²) in [6.45, 7) is 0.449. The molecule has 0 aliphatic carbocycles. The van der Waals surface area contributed by atoms with Crippen LogP contribution >= 0.6 is 0 Å². The van der Waals surface area contributed by atoms with Gasteiger partial charge in [-0.2, -0.15) is 15.0 Å².